The Morgan fingerprint density at radius 3 is 2.56 bits per heavy atom. The molecule has 0 radical (unpaired) electrons. The lowest BCUT2D eigenvalue weighted by molar-refractivity contribution is 0.198. The smallest absolute Gasteiger partial charge is 0.119 e. The highest BCUT2D eigenvalue weighted by molar-refractivity contribution is 6.18. The first-order valence-electron chi connectivity index (χ1n) is 5.72. The lowest BCUT2D eigenvalue weighted by Crippen LogP contribution is -2.11. The van der Waals surface area contributed by atoms with Gasteiger partial charge < -0.3 is 9.84 Å². The summed E-state index contributed by atoms with van der Waals surface area (Å²) in [5.41, 5.74) is 1.08. The number of benzene rings is 1. The van der Waals surface area contributed by atoms with Crippen LogP contribution in [-0.4, -0.2) is 23.7 Å². The molecule has 0 spiro atoms. The van der Waals surface area contributed by atoms with Crippen LogP contribution >= 0.6 is 11.6 Å². The summed E-state index contributed by atoms with van der Waals surface area (Å²) < 4.78 is 5.54. The number of aliphatic hydroxyl groups is 1. The van der Waals surface area contributed by atoms with Gasteiger partial charge in [0.15, 0.2) is 0 Å². The third-order valence-electron chi connectivity index (χ3n) is 2.34. The van der Waals surface area contributed by atoms with E-state index in [2.05, 4.69) is 6.92 Å². The fourth-order valence-corrected chi connectivity index (χ4v) is 1.49. The number of aliphatic hydroxyl groups excluding tert-OH is 1. The molecule has 0 heterocycles. The summed E-state index contributed by atoms with van der Waals surface area (Å²) in [6.45, 7) is 2.90. The second-order valence-electron chi connectivity index (χ2n) is 3.86. The van der Waals surface area contributed by atoms with Gasteiger partial charge >= 0.3 is 0 Å². The van der Waals surface area contributed by atoms with E-state index in [1.54, 1.807) is 0 Å². The molecule has 0 amide bonds. The van der Waals surface area contributed by atoms with Gasteiger partial charge in [0.1, 0.15) is 5.75 Å². The third-order valence-corrected chi connectivity index (χ3v) is 2.70. The summed E-state index contributed by atoms with van der Waals surface area (Å²) in [7, 11) is 0. The molecule has 90 valence electrons. The van der Waals surface area contributed by atoms with Crippen LogP contribution in [0.1, 0.15) is 25.3 Å². The molecule has 1 aromatic rings. The van der Waals surface area contributed by atoms with Crippen molar-refractivity contribution in [2.45, 2.75) is 32.3 Å². The van der Waals surface area contributed by atoms with Crippen molar-refractivity contribution in [2.24, 2.45) is 0 Å². The Kier molecular flexibility index (Phi) is 6.27. The minimum absolute atomic E-state index is 0.273. The molecule has 0 fully saturated rings. The van der Waals surface area contributed by atoms with Crippen LogP contribution in [0.4, 0.5) is 0 Å². The molecule has 0 aliphatic rings. The molecule has 0 saturated carbocycles. The van der Waals surface area contributed by atoms with Crippen molar-refractivity contribution in [2.75, 3.05) is 12.5 Å². The van der Waals surface area contributed by atoms with E-state index >= 15 is 0 Å². The minimum atomic E-state index is -0.464. The molecule has 0 aliphatic heterocycles. The van der Waals surface area contributed by atoms with Crippen molar-refractivity contribution in [3.63, 3.8) is 0 Å². The molecule has 3 heteroatoms. The topological polar surface area (TPSA) is 29.5 Å². The van der Waals surface area contributed by atoms with Gasteiger partial charge in [-0.3, -0.25) is 0 Å². The van der Waals surface area contributed by atoms with E-state index in [-0.39, 0.29) is 5.88 Å². The highest BCUT2D eigenvalue weighted by Gasteiger charge is 2.03. The lowest BCUT2D eigenvalue weighted by Gasteiger charge is -2.08. The van der Waals surface area contributed by atoms with E-state index in [4.69, 9.17) is 16.3 Å². The molecule has 1 N–H and O–H groups in total. The van der Waals surface area contributed by atoms with Gasteiger partial charge in [0.2, 0.25) is 0 Å². The number of hydrogen-bond acceptors (Lipinski definition) is 2. The maximum Gasteiger partial charge on any atom is 0.119 e. The molecule has 0 saturated heterocycles. The summed E-state index contributed by atoms with van der Waals surface area (Å²) >= 11 is 5.54. The molecule has 0 aromatic heterocycles. The number of alkyl halides is 1. The predicted molar refractivity (Wildman–Crippen MR) is 67.3 cm³/mol. The highest BCUT2D eigenvalue weighted by atomic mass is 35.5. The third kappa shape index (κ3) is 4.86. The fraction of sp³-hybridized carbons (Fsp3) is 0.538. The molecular weight excluding hydrogens is 224 g/mol. The van der Waals surface area contributed by atoms with Crippen molar-refractivity contribution in [3.8, 4) is 5.75 Å². The second kappa shape index (κ2) is 7.53. The Morgan fingerprint density at radius 2 is 2.00 bits per heavy atom. The maximum atomic E-state index is 9.39. The van der Waals surface area contributed by atoms with Gasteiger partial charge in [0.25, 0.3) is 0 Å². The van der Waals surface area contributed by atoms with E-state index in [1.807, 2.05) is 24.3 Å². The van der Waals surface area contributed by atoms with Crippen LogP contribution in [0.3, 0.4) is 0 Å². The summed E-state index contributed by atoms with van der Waals surface area (Å²) in [4.78, 5) is 0. The van der Waals surface area contributed by atoms with E-state index < -0.39 is 6.10 Å². The monoisotopic (exact) mass is 242 g/mol. The first kappa shape index (κ1) is 13.3. The molecule has 0 aliphatic carbocycles. The van der Waals surface area contributed by atoms with Crippen LogP contribution in [-0.2, 0) is 6.42 Å². The van der Waals surface area contributed by atoms with E-state index in [0.717, 1.165) is 30.8 Å². The summed E-state index contributed by atoms with van der Waals surface area (Å²) in [5, 5.41) is 9.39. The largest absolute Gasteiger partial charge is 0.494 e. The van der Waals surface area contributed by atoms with Gasteiger partial charge in [-0.2, -0.15) is 0 Å². The Hall–Kier alpha value is -0.730. The number of halogens is 1. The van der Waals surface area contributed by atoms with Gasteiger partial charge in [0, 0.05) is 5.88 Å². The first-order valence-corrected chi connectivity index (χ1v) is 6.25. The lowest BCUT2D eigenvalue weighted by atomic mass is 10.1. The molecule has 1 atom stereocenters. The van der Waals surface area contributed by atoms with Crippen molar-refractivity contribution < 1.29 is 9.84 Å². The van der Waals surface area contributed by atoms with Crippen LogP contribution < -0.4 is 4.74 Å². The van der Waals surface area contributed by atoms with Gasteiger partial charge in [0.05, 0.1) is 12.7 Å². The fourth-order valence-electron chi connectivity index (χ4n) is 1.38. The quantitative estimate of drug-likeness (QED) is 0.588. The number of hydrogen-bond donors (Lipinski definition) is 1. The molecule has 0 bridgehead atoms. The van der Waals surface area contributed by atoms with Crippen molar-refractivity contribution in [3.05, 3.63) is 29.8 Å². The van der Waals surface area contributed by atoms with Crippen LogP contribution in [0, 0.1) is 0 Å². The zero-order valence-electron chi connectivity index (χ0n) is 9.66. The number of unbranched alkanes of at least 4 members (excludes halogenated alkanes) is 1. The minimum Gasteiger partial charge on any atom is -0.494 e. The van der Waals surface area contributed by atoms with E-state index in [9.17, 15) is 5.11 Å². The van der Waals surface area contributed by atoms with Gasteiger partial charge in [-0.05, 0) is 30.5 Å². The Bertz CT molecular complexity index is 284. The van der Waals surface area contributed by atoms with Crippen LogP contribution in [0.2, 0.25) is 0 Å². The Labute approximate surface area is 102 Å². The molecule has 16 heavy (non-hydrogen) atoms. The number of rotatable bonds is 7. The normalized spacial score (nSPS) is 12.4. The molecule has 2 nitrogen and oxygen atoms in total. The van der Waals surface area contributed by atoms with Gasteiger partial charge in [-0.1, -0.05) is 25.5 Å². The molecule has 0 unspecified atom stereocenters. The molecular formula is C13H19ClO2. The van der Waals surface area contributed by atoms with Gasteiger partial charge in [-0.25, -0.2) is 0 Å². The zero-order valence-corrected chi connectivity index (χ0v) is 10.4. The van der Waals surface area contributed by atoms with Crippen molar-refractivity contribution >= 4 is 11.6 Å². The molecule has 1 rings (SSSR count). The van der Waals surface area contributed by atoms with Crippen LogP contribution in [0.5, 0.6) is 5.75 Å². The second-order valence-corrected chi connectivity index (χ2v) is 4.17. The Morgan fingerprint density at radius 1 is 1.31 bits per heavy atom. The standard InChI is InChI=1S/C13H19ClO2/c1-2-3-8-16-13-6-4-11(5-7-13)9-12(15)10-14/h4-7,12,15H,2-3,8-10H2,1H3/t12-/m0/s1. The van der Waals surface area contributed by atoms with E-state index in [0.29, 0.717) is 6.42 Å². The highest BCUT2D eigenvalue weighted by Crippen LogP contribution is 2.14. The number of ether oxygens (including phenoxy) is 1. The molecule has 1 aromatic carbocycles. The van der Waals surface area contributed by atoms with Crippen LogP contribution in [0.15, 0.2) is 24.3 Å². The van der Waals surface area contributed by atoms with Gasteiger partial charge in [-0.15, -0.1) is 11.6 Å². The Balaban J connectivity index is 2.41. The SMILES string of the molecule is CCCCOc1ccc(C[C@H](O)CCl)cc1. The predicted octanol–water partition coefficient (Wildman–Crippen LogP) is 3.01. The average molecular weight is 243 g/mol. The first-order chi connectivity index (χ1) is 7.76. The van der Waals surface area contributed by atoms with Crippen LogP contribution in [0.25, 0.3) is 0 Å². The maximum absolute atomic E-state index is 9.39. The average Bonchev–Trinajstić information content (AvgIpc) is 2.31. The van der Waals surface area contributed by atoms with E-state index in [1.165, 1.54) is 0 Å². The summed E-state index contributed by atoms with van der Waals surface area (Å²) in [5.74, 6) is 1.16. The summed E-state index contributed by atoms with van der Waals surface area (Å²) in [6.07, 6.45) is 2.35. The zero-order chi connectivity index (χ0) is 11.8. The summed E-state index contributed by atoms with van der Waals surface area (Å²) in [6, 6.07) is 7.81. The van der Waals surface area contributed by atoms with Crippen molar-refractivity contribution in [1.82, 2.24) is 0 Å². The van der Waals surface area contributed by atoms with Crippen molar-refractivity contribution in [1.29, 1.82) is 0 Å².